The van der Waals surface area contributed by atoms with E-state index < -0.39 is 24.8 Å². The lowest BCUT2D eigenvalue weighted by molar-refractivity contribution is -0.138. The maximum absolute atomic E-state index is 14.8. The minimum atomic E-state index is -1.45. The average molecular weight is 591 g/mol. The molecule has 2 N–H and O–H groups in total. The number of methoxy groups -OCH3 is 1. The third-order valence-corrected chi connectivity index (χ3v) is 7.75. The Kier molecular flexibility index (Phi) is 9.18. The third-order valence-electron chi connectivity index (χ3n) is 7.75. The molecule has 0 aliphatic carbocycles. The normalized spacial score (nSPS) is 20.8. The van der Waals surface area contributed by atoms with Crippen LogP contribution in [0.1, 0.15) is 18.9 Å². The maximum atomic E-state index is 14.8. The van der Waals surface area contributed by atoms with E-state index in [-0.39, 0.29) is 30.8 Å². The lowest BCUT2D eigenvalue weighted by atomic mass is 10.0. The number of nitrogens with one attached hydrogen (secondary N) is 1. The molecule has 2 saturated heterocycles. The van der Waals surface area contributed by atoms with E-state index in [0.717, 1.165) is 36.8 Å². The second-order valence-electron chi connectivity index (χ2n) is 10.7. The number of alkyl halides is 1. The van der Waals surface area contributed by atoms with Crippen LogP contribution in [-0.4, -0.2) is 108 Å². The van der Waals surface area contributed by atoms with Crippen LogP contribution in [0.5, 0.6) is 11.5 Å². The van der Waals surface area contributed by atoms with Crippen molar-refractivity contribution in [3.05, 3.63) is 48.3 Å². The fraction of sp³-hybridized carbons (Fsp3) is 0.433. The van der Waals surface area contributed by atoms with Gasteiger partial charge in [-0.15, -0.1) is 0 Å². The topological polar surface area (TPSA) is 140 Å². The van der Waals surface area contributed by atoms with Crippen molar-refractivity contribution < 1.29 is 23.8 Å². The predicted octanol–water partition coefficient (Wildman–Crippen LogP) is 2.61. The van der Waals surface area contributed by atoms with Gasteiger partial charge in [-0.25, -0.2) is 14.4 Å². The quantitative estimate of drug-likeness (QED) is 0.400. The highest BCUT2D eigenvalue weighted by Gasteiger charge is 2.33. The number of aliphatic hydroxyl groups excluding tert-OH is 1. The van der Waals surface area contributed by atoms with Crippen LogP contribution in [0.15, 0.2) is 42.7 Å². The second kappa shape index (κ2) is 13.2. The molecule has 0 radical (unpaired) electrons. The van der Waals surface area contributed by atoms with Crippen molar-refractivity contribution in [3.63, 3.8) is 0 Å². The summed E-state index contributed by atoms with van der Waals surface area (Å²) in [6.45, 7) is 4.48. The minimum Gasteiger partial charge on any atom is -0.495 e. The smallest absolute Gasteiger partial charge is 0.248 e. The summed E-state index contributed by atoms with van der Waals surface area (Å²) in [6, 6.07) is 13.2. The number of aromatic nitrogens is 3. The molecule has 3 atom stereocenters. The van der Waals surface area contributed by atoms with E-state index in [1.807, 2.05) is 18.2 Å². The monoisotopic (exact) mass is 590 g/mol. The molecule has 1 amide bonds. The Morgan fingerprint density at radius 2 is 2.00 bits per heavy atom. The number of ether oxygens (including phenoxy) is 2. The Morgan fingerprint density at radius 1 is 1.16 bits per heavy atom. The number of likely N-dealkylation sites (tertiary alicyclic amines) is 1. The Bertz CT molecular complexity index is 1500. The Morgan fingerprint density at radius 3 is 2.72 bits per heavy atom. The SMILES string of the molecule is COc1cc(Nc2ncnc(-c3ccc(O[C@H]4CCN(C(=O)CO)C[C@H]4F)c(C#N)c3)n2)ccc1N1CCN(C)CC1C. The van der Waals surface area contributed by atoms with E-state index in [1.165, 1.54) is 11.2 Å². The standard InChI is InChI=1S/C30H35FN8O4/c1-19-15-37(2)10-11-39(19)24-6-5-22(13-27(24)42-3)35-30-34-18-33-29(36-30)20-4-7-25(21(12-20)14-32)43-26-8-9-38(16-23(26)31)28(41)17-40/h4-7,12-13,18-19,23,26,40H,8-11,15-17H2,1-3H3,(H,33,34,35,36)/t19?,23-,26+/m1/s1. The van der Waals surface area contributed by atoms with Gasteiger partial charge in [0.2, 0.25) is 11.9 Å². The number of likely N-dealkylation sites (N-methyl/N-ethyl adjacent to an activating group) is 1. The maximum Gasteiger partial charge on any atom is 0.248 e. The van der Waals surface area contributed by atoms with Crippen LogP contribution in [-0.2, 0) is 4.79 Å². The molecular formula is C30H35FN8O4. The van der Waals surface area contributed by atoms with E-state index in [4.69, 9.17) is 14.6 Å². The van der Waals surface area contributed by atoms with E-state index in [2.05, 4.69) is 50.1 Å². The number of piperidine rings is 1. The molecule has 226 valence electrons. The van der Waals surface area contributed by atoms with Crippen LogP contribution in [0.2, 0.25) is 0 Å². The number of aliphatic hydroxyl groups is 1. The van der Waals surface area contributed by atoms with E-state index in [9.17, 15) is 14.4 Å². The lowest BCUT2D eigenvalue weighted by Gasteiger charge is -2.40. The second-order valence-corrected chi connectivity index (χ2v) is 10.7. The molecule has 2 aromatic carbocycles. The van der Waals surface area contributed by atoms with E-state index in [0.29, 0.717) is 23.4 Å². The van der Waals surface area contributed by atoms with Crippen LogP contribution < -0.4 is 19.7 Å². The molecule has 0 bridgehead atoms. The van der Waals surface area contributed by atoms with Crippen molar-refractivity contribution in [2.24, 2.45) is 0 Å². The van der Waals surface area contributed by atoms with Gasteiger partial charge in [0.05, 0.1) is 24.9 Å². The first-order valence-corrected chi connectivity index (χ1v) is 14.1. The molecule has 43 heavy (non-hydrogen) atoms. The molecule has 1 unspecified atom stereocenters. The van der Waals surface area contributed by atoms with Crippen molar-refractivity contribution in [2.45, 2.75) is 31.7 Å². The Labute approximate surface area is 249 Å². The predicted molar refractivity (Wildman–Crippen MR) is 158 cm³/mol. The number of anilines is 3. The summed E-state index contributed by atoms with van der Waals surface area (Å²) in [6.07, 6.45) is -0.655. The number of rotatable bonds is 8. The van der Waals surface area contributed by atoms with Crippen molar-refractivity contribution >= 4 is 23.2 Å². The van der Waals surface area contributed by atoms with Crippen LogP contribution in [0, 0.1) is 11.3 Å². The molecule has 2 aliphatic rings. The fourth-order valence-electron chi connectivity index (χ4n) is 5.48. The van der Waals surface area contributed by atoms with Crippen molar-refractivity contribution in [3.8, 4) is 29.0 Å². The van der Waals surface area contributed by atoms with Gasteiger partial charge in [-0.1, -0.05) is 0 Å². The van der Waals surface area contributed by atoms with Gasteiger partial charge in [-0.2, -0.15) is 10.2 Å². The number of carbonyl (C=O) groups excluding carboxylic acids is 1. The summed E-state index contributed by atoms with van der Waals surface area (Å²) in [5, 5.41) is 22.0. The number of amides is 1. The van der Waals surface area contributed by atoms with Crippen LogP contribution in [0.4, 0.5) is 21.7 Å². The number of hydrogen-bond acceptors (Lipinski definition) is 11. The highest BCUT2D eigenvalue weighted by molar-refractivity contribution is 5.77. The first-order valence-electron chi connectivity index (χ1n) is 14.1. The number of piperazine rings is 1. The molecule has 2 fully saturated rings. The number of halogens is 1. The Balaban J connectivity index is 1.29. The summed E-state index contributed by atoms with van der Waals surface area (Å²) in [4.78, 5) is 30.7. The number of carbonyl (C=O) groups is 1. The van der Waals surface area contributed by atoms with Crippen molar-refractivity contribution in [1.29, 1.82) is 5.26 Å². The van der Waals surface area contributed by atoms with Gasteiger partial charge >= 0.3 is 0 Å². The molecule has 5 rings (SSSR count). The van der Waals surface area contributed by atoms with E-state index >= 15 is 0 Å². The zero-order valence-electron chi connectivity index (χ0n) is 24.4. The first-order chi connectivity index (χ1) is 20.8. The van der Waals surface area contributed by atoms with Crippen molar-refractivity contribution in [2.75, 3.05) is 63.7 Å². The number of benzene rings is 2. The summed E-state index contributed by atoms with van der Waals surface area (Å²) in [5.41, 5.74) is 2.53. The summed E-state index contributed by atoms with van der Waals surface area (Å²) < 4.78 is 26.3. The van der Waals surface area contributed by atoms with Gasteiger partial charge in [0.15, 0.2) is 12.0 Å². The molecule has 0 saturated carbocycles. The van der Waals surface area contributed by atoms with Gasteiger partial charge in [0.25, 0.3) is 0 Å². The highest BCUT2D eigenvalue weighted by Crippen LogP contribution is 2.34. The average Bonchev–Trinajstić information content (AvgIpc) is 3.02. The van der Waals surface area contributed by atoms with Gasteiger partial charge in [-0.05, 0) is 44.3 Å². The largest absolute Gasteiger partial charge is 0.495 e. The third kappa shape index (κ3) is 6.76. The van der Waals surface area contributed by atoms with Gasteiger partial charge in [-0.3, -0.25) is 4.79 Å². The minimum absolute atomic E-state index is 0.172. The molecule has 1 aromatic heterocycles. The Hall–Kier alpha value is -4.54. The van der Waals surface area contributed by atoms with Crippen LogP contribution in [0.3, 0.4) is 0 Å². The number of hydrogen-bond donors (Lipinski definition) is 2. The summed E-state index contributed by atoms with van der Waals surface area (Å²) >= 11 is 0. The molecule has 12 nitrogen and oxygen atoms in total. The summed E-state index contributed by atoms with van der Waals surface area (Å²) in [5.74, 6) is 1.11. The zero-order chi connectivity index (χ0) is 30.5. The number of nitrogens with zero attached hydrogens (tertiary/aromatic N) is 7. The van der Waals surface area contributed by atoms with Gasteiger partial charge in [0.1, 0.15) is 36.6 Å². The lowest BCUT2D eigenvalue weighted by Crippen LogP contribution is -2.50. The molecule has 3 aromatic rings. The summed E-state index contributed by atoms with van der Waals surface area (Å²) in [7, 11) is 3.78. The number of nitriles is 1. The highest BCUT2D eigenvalue weighted by atomic mass is 19.1. The van der Waals surface area contributed by atoms with Crippen LogP contribution >= 0.6 is 0 Å². The van der Waals surface area contributed by atoms with Crippen molar-refractivity contribution in [1.82, 2.24) is 24.8 Å². The van der Waals surface area contributed by atoms with Gasteiger partial charge in [0, 0.05) is 56.0 Å². The van der Waals surface area contributed by atoms with E-state index in [1.54, 1.807) is 25.3 Å². The molecule has 2 aliphatic heterocycles. The molecule has 3 heterocycles. The molecule has 13 heteroatoms. The molecular weight excluding hydrogens is 555 g/mol. The zero-order valence-corrected chi connectivity index (χ0v) is 24.4. The van der Waals surface area contributed by atoms with Gasteiger partial charge < -0.3 is 34.6 Å². The first kappa shape index (κ1) is 29.9. The van der Waals surface area contributed by atoms with Crippen LogP contribution in [0.25, 0.3) is 11.4 Å². The molecule has 0 spiro atoms. The fourth-order valence-corrected chi connectivity index (χ4v) is 5.48.